The van der Waals surface area contributed by atoms with Crippen molar-refractivity contribution in [2.24, 2.45) is 0 Å². The van der Waals surface area contributed by atoms with Crippen LogP contribution in [0.25, 0.3) is 11.4 Å². The Morgan fingerprint density at radius 2 is 1.93 bits per heavy atom. The fourth-order valence-corrected chi connectivity index (χ4v) is 3.83. The lowest BCUT2D eigenvalue weighted by Crippen LogP contribution is -2.33. The van der Waals surface area contributed by atoms with Crippen molar-refractivity contribution in [2.45, 2.75) is 24.5 Å². The van der Waals surface area contributed by atoms with E-state index >= 15 is 0 Å². The second kappa shape index (κ2) is 10.2. The summed E-state index contributed by atoms with van der Waals surface area (Å²) in [5.74, 6) is 2.81. The molecule has 2 aromatic carbocycles. The average molecular weight is 428 g/mol. The van der Waals surface area contributed by atoms with Crippen LogP contribution in [0.1, 0.15) is 18.4 Å². The summed E-state index contributed by atoms with van der Waals surface area (Å²) < 4.78 is 16.0. The Morgan fingerprint density at radius 1 is 1.17 bits per heavy atom. The smallest absolute Gasteiger partial charge is 0.246 e. The summed E-state index contributed by atoms with van der Waals surface area (Å²) in [6.45, 7) is 2.15. The van der Waals surface area contributed by atoms with Crippen LogP contribution in [0.15, 0.2) is 53.1 Å². The highest BCUT2D eigenvalue weighted by atomic mass is 32.2. The van der Waals surface area contributed by atoms with Crippen molar-refractivity contribution in [1.29, 1.82) is 0 Å². The van der Waals surface area contributed by atoms with Gasteiger partial charge in [0, 0.05) is 18.9 Å². The third kappa shape index (κ3) is 5.33. The van der Waals surface area contributed by atoms with E-state index in [1.165, 1.54) is 5.56 Å². The largest absolute Gasteiger partial charge is 0.497 e. The highest BCUT2D eigenvalue weighted by Crippen LogP contribution is 2.31. The molecule has 158 valence electrons. The zero-order valence-electron chi connectivity index (χ0n) is 17.5. The molecule has 0 fully saturated rings. The van der Waals surface area contributed by atoms with Crippen molar-refractivity contribution in [3.05, 3.63) is 60.0 Å². The number of methoxy groups -OCH3 is 2. The summed E-state index contributed by atoms with van der Waals surface area (Å²) >= 11 is 1.60. The standard InChI is InChI=1S/C22H25N3O4S/c1-15(30-14-16-8-6-5-7-9-16)22(26)25(2)13-20-23-21(24-29-20)18-11-10-17(27-3)12-19(18)28-4/h5-12,15H,13-14H2,1-4H3. The molecule has 1 heterocycles. The monoisotopic (exact) mass is 427 g/mol. The first-order chi connectivity index (χ1) is 14.5. The second-order valence-electron chi connectivity index (χ2n) is 6.71. The molecular formula is C22H25N3O4S. The molecule has 0 aliphatic carbocycles. The van der Waals surface area contributed by atoms with Crippen LogP contribution in [0.3, 0.4) is 0 Å². The van der Waals surface area contributed by atoms with Crippen LogP contribution in [-0.4, -0.2) is 47.5 Å². The van der Waals surface area contributed by atoms with Crippen LogP contribution < -0.4 is 9.47 Å². The number of nitrogens with zero attached hydrogens (tertiary/aromatic N) is 3. The van der Waals surface area contributed by atoms with Crippen molar-refractivity contribution in [3.63, 3.8) is 0 Å². The second-order valence-corrected chi connectivity index (χ2v) is 8.04. The lowest BCUT2D eigenvalue weighted by molar-refractivity contribution is -0.129. The van der Waals surface area contributed by atoms with Crippen LogP contribution >= 0.6 is 11.8 Å². The molecule has 1 atom stereocenters. The normalized spacial score (nSPS) is 11.7. The van der Waals surface area contributed by atoms with Crippen molar-refractivity contribution < 1.29 is 18.8 Å². The summed E-state index contributed by atoms with van der Waals surface area (Å²) in [6, 6.07) is 15.5. The highest BCUT2D eigenvalue weighted by Gasteiger charge is 2.21. The Balaban J connectivity index is 1.61. The molecule has 0 bridgehead atoms. The molecule has 0 radical (unpaired) electrons. The van der Waals surface area contributed by atoms with E-state index in [1.807, 2.05) is 31.2 Å². The molecule has 0 N–H and O–H groups in total. The maximum Gasteiger partial charge on any atom is 0.246 e. The number of ether oxygens (including phenoxy) is 2. The minimum Gasteiger partial charge on any atom is -0.497 e. The number of amides is 1. The highest BCUT2D eigenvalue weighted by molar-refractivity contribution is 7.99. The Morgan fingerprint density at radius 3 is 2.63 bits per heavy atom. The molecule has 0 aliphatic heterocycles. The van der Waals surface area contributed by atoms with Crippen molar-refractivity contribution in [1.82, 2.24) is 15.0 Å². The van der Waals surface area contributed by atoms with Gasteiger partial charge in [-0.25, -0.2) is 0 Å². The molecule has 0 saturated carbocycles. The molecule has 3 aromatic rings. The minimum atomic E-state index is -0.181. The molecule has 0 saturated heterocycles. The molecule has 1 unspecified atom stereocenters. The number of hydrogen-bond donors (Lipinski definition) is 0. The van der Waals surface area contributed by atoms with Gasteiger partial charge < -0.3 is 18.9 Å². The fraction of sp³-hybridized carbons (Fsp3) is 0.318. The van der Waals surface area contributed by atoms with E-state index in [2.05, 4.69) is 22.3 Å². The first-order valence-corrected chi connectivity index (χ1v) is 10.5. The number of hydrogen-bond acceptors (Lipinski definition) is 7. The van der Waals surface area contributed by atoms with Crippen LogP contribution in [-0.2, 0) is 17.1 Å². The predicted octanol–water partition coefficient (Wildman–Crippen LogP) is 4.03. The molecule has 0 aliphatic rings. The van der Waals surface area contributed by atoms with Crippen LogP contribution in [0.5, 0.6) is 11.5 Å². The molecule has 7 nitrogen and oxygen atoms in total. The zero-order chi connectivity index (χ0) is 21.5. The van der Waals surface area contributed by atoms with Gasteiger partial charge in [-0.1, -0.05) is 35.5 Å². The SMILES string of the molecule is COc1ccc(-c2noc(CN(C)C(=O)C(C)SCc3ccccc3)n2)c(OC)c1. The van der Waals surface area contributed by atoms with Gasteiger partial charge in [0.1, 0.15) is 11.5 Å². The first-order valence-electron chi connectivity index (χ1n) is 9.47. The van der Waals surface area contributed by atoms with Gasteiger partial charge in [-0.05, 0) is 24.6 Å². The topological polar surface area (TPSA) is 77.7 Å². The van der Waals surface area contributed by atoms with E-state index in [4.69, 9.17) is 14.0 Å². The fourth-order valence-electron chi connectivity index (χ4n) is 2.87. The van der Waals surface area contributed by atoms with Gasteiger partial charge in [0.25, 0.3) is 0 Å². The van der Waals surface area contributed by atoms with Crippen molar-refractivity contribution >= 4 is 17.7 Å². The molecule has 8 heteroatoms. The molecule has 1 amide bonds. The number of thioether (sulfide) groups is 1. The van der Waals surface area contributed by atoms with Gasteiger partial charge in [0.15, 0.2) is 0 Å². The number of carbonyl (C=O) groups excluding carboxylic acids is 1. The van der Waals surface area contributed by atoms with Gasteiger partial charge in [-0.3, -0.25) is 4.79 Å². The Hall–Kier alpha value is -3.00. The molecule has 1 aromatic heterocycles. The van der Waals surface area contributed by atoms with Gasteiger partial charge in [-0.15, -0.1) is 11.8 Å². The van der Waals surface area contributed by atoms with Crippen molar-refractivity contribution in [3.8, 4) is 22.9 Å². The number of aromatic nitrogens is 2. The Labute approximate surface area is 180 Å². The molecule has 3 rings (SSSR count). The quantitative estimate of drug-likeness (QED) is 0.510. The number of benzene rings is 2. The van der Waals surface area contributed by atoms with Gasteiger partial charge in [0.05, 0.1) is 31.6 Å². The van der Waals surface area contributed by atoms with Gasteiger partial charge in [0.2, 0.25) is 17.6 Å². The first kappa shape index (κ1) is 21.7. The summed E-state index contributed by atoms with van der Waals surface area (Å²) in [7, 11) is 4.90. The maximum absolute atomic E-state index is 12.7. The summed E-state index contributed by atoms with van der Waals surface area (Å²) in [6.07, 6.45) is 0. The van der Waals surface area contributed by atoms with Crippen LogP contribution in [0, 0.1) is 0 Å². The number of carbonyl (C=O) groups is 1. The van der Waals surface area contributed by atoms with Crippen molar-refractivity contribution in [2.75, 3.05) is 21.3 Å². The summed E-state index contributed by atoms with van der Waals surface area (Å²) in [5.41, 5.74) is 1.88. The van der Waals surface area contributed by atoms with E-state index < -0.39 is 0 Å². The summed E-state index contributed by atoms with van der Waals surface area (Å²) in [4.78, 5) is 18.7. The predicted molar refractivity (Wildman–Crippen MR) is 117 cm³/mol. The number of rotatable bonds is 9. The summed E-state index contributed by atoms with van der Waals surface area (Å²) in [5, 5.41) is 3.85. The van der Waals surface area contributed by atoms with E-state index in [9.17, 15) is 4.79 Å². The Kier molecular flexibility index (Phi) is 7.35. The molecule has 0 spiro atoms. The third-order valence-corrected chi connectivity index (χ3v) is 5.76. The maximum atomic E-state index is 12.7. The van der Waals surface area contributed by atoms with Gasteiger partial charge >= 0.3 is 0 Å². The average Bonchev–Trinajstić information content (AvgIpc) is 3.25. The minimum absolute atomic E-state index is 0.0118. The van der Waals surface area contributed by atoms with E-state index in [0.29, 0.717) is 28.8 Å². The molecule has 30 heavy (non-hydrogen) atoms. The van der Waals surface area contributed by atoms with E-state index in [1.54, 1.807) is 50.1 Å². The van der Waals surface area contributed by atoms with Gasteiger partial charge in [-0.2, -0.15) is 4.98 Å². The molecular weight excluding hydrogens is 402 g/mol. The lowest BCUT2D eigenvalue weighted by atomic mass is 10.2. The Bertz CT molecular complexity index is 978. The van der Waals surface area contributed by atoms with Crippen LogP contribution in [0.2, 0.25) is 0 Å². The zero-order valence-corrected chi connectivity index (χ0v) is 18.3. The lowest BCUT2D eigenvalue weighted by Gasteiger charge is -2.19. The third-order valence-electron chi connectivity index (χ3n) is 4.56. The van der Waals surface area contributed by atoms with E-state index in [0.717, 1.165) is 5.75 Å². The van der Waals surface area contributed by atoms with E-state index in [-0.39, 0.29) is 17.7 Å². The van der Waals surface area contributed by atoms with Crippen LogP contribution in [0.4, 0.5) is 0 Å².